The van der Waals surface area contributed by atoms with Crippen LogP contribution in [0.1, 0.15) is 38.9 Å². The van der Waals surface area contributed by atoms with Crippen LogP contribution in [0.5, 0.6) is 0 Å². The molecule has 2 aliphatic rings. The van der Waals surface area contributed by atoms with Crippen LogP contribution in [0.4, 0.5) is 5.69 Å². The van der Waals surface area contributed by atoms with Gasteiger partial charge in [0, 0.05) is 23.9 Å². The van der Waals surface area contributed by atoms with E-state index >= 15 is 0 Å². The van der Waals surface area contributed by atoms with Gasteiger partial charge < -0.3 is 5.73 Å². The molecule has 0 bridgehead atoms. The molecule has 0 amide bonds. The molecule has 0 saturated heterocycles. The number of anilines is 1. The van der Waals surface area contributed by atoms with Gasteiger partial charge >= 0.3 is 0 Å². The molecule has 0 atom stereocenters. The van der Waals surface area contributed by atoms with E-state index in [0.717, 1.165) is 22.5 Å². The van der Waals surface area contributed by atoms with Gasteiger partial charge in [0.15, 0.2) is 0 Å². The fraction of sp³-hybridized carbons (Fsp3) is 0.0556. The first-order chi connectivity index (χ1) is 27.6. The minimum atomic E-state index is -0.309. The molecule has 1 spiro atoms. The van der Waals surface area contributed by atoms with Crippen molar-refractivity contribution in [1.82, 2.24) is 0 Å². The van der Waals surface area contributed by atoms with Crippen molar-refractivity contribution in [3.05, 3.63) is 233 Å². The van der Waals surface area contributed by atoms with Crippen molar-refractivity contribution < 1.29 is 0 Å². The van der Waals surface area contributed by atoms with E-state index < -0.39 is 0 Å². The Morgan fingerprint density at radius 1 is 0.464 bits per heavy atom. The summed E-state index contributed by atoms with van der Waals surface area (Å²) in [6.07, 6.45) is 0. The molecule has 0 saturated carbocycles. The average Bonchev–Trinajstić information content (AvgIpc) is 3.71. The monoisotopic (exact) mass is 716 g/mol. The second-order valence-electron chi connectivity index (χ2n) is 14.9. The molecule has 2 aliphatic carbocycles. The molecule has 0 unspecified atom stereocenters. The zero-order valence-corrected chi connectivity index (χ0v) is 31.5. The van der Waals surface area contributed by atoms with Gasteiger partial charge in [0.1, 0.15) is 0 Å². The molecule has 266 valence electrons. The molecule has 56 heavy (non-hydrogen) atoms. The summed E-state index contributed by atoms with van der Waals surface area (Å²) in [6.45, 7) is 2.19. The number of hydrogen-bond acceptors (Lipinski definition) is 2. The summed E-state index contributed by atoms with van der Waals surface area (Å²) in [5.74, 6) is 0. The fourth-order valence-corrected chi connectivity index (χ4v) is 9.35. The normalized spacial score (nSPS) is 13.1. The van der Waals surface area contributed by atoms with Crippen molar-refractivity contribution in [2.24, 2.45) is 4.99 Å². The molecule has 0 radical (unpaired) electrons. The van der Waals surface area contributed by atoms with Crippen molar-refractivity contribution in [3.8, 4) is 33.4 Å². The maximum Gasteiger partial charge on any atom is 0.0736 e. The van der Waals surface area contributed by atoms with Gasteiger partial charge in [-0.2, -0.15) is 0 Å². The molecule has 2 nitrogen and oxygen atoms in total. The summed E-state index contributed by atoms with van der Waals surface area (Å²) < 4.78 is 0. The van der Waals surface area contributed by atoms with E-state index in [1.54, 1.807) is 7.05 Å². The second kappa shape index (κ2) is 13.4. The Labute approximate surface area is 328 Å². The van der Waals surface area contributed by atoms with Crippen LogP contribution in [0.2, 0.25) is 0 Å². The maximum atomic E-state index is 6.07. The lowest BCUT2D eigenvalue weighted by Crippen LogP contribution is -2.26. The van der Waals surface area contributed by atoms with E-state index in [1.165, 1.54) is 82.7 Å². The number of nitrogens with two attached hydrogens (primary N) is 1. The Balaban J connectivity index is 0.000000152. The highest BCUT2D eigenvalue weighted by Gasteiger charge is 2.52. The number of aliphatic imine (C=N–C) groups is 1. The standard InChI is InChI=1S/C34H22.C20H18N2/c1-21-14-15-23-19-29-28-17-16-22-8-2-3-9-25(22)33(28)34(32(29)20-24(23)18-21)30-12-6-4-10-26(30)27-11-5-7-13-31(27)34;1-22-20(18-9-5-6-10-19(18)21)17-13-11-16(12-14-17)15-7-3-2-4-8-15/h2-20H,1H3;2-14H,21H2,1H3. The smallest absolute Gasteiger partial charge is 0.0736 e. The highest BCUT2D eigenvalue weighted by atomic mass is 14.7. The zero-order chi connectivity index (χ0) is 37.8. The summed E-state index contributed by atoms with van der Waals surface area (Å²) in [5.41, 5.74) is 24.3. The van der Waals surface area contributed by atoms with Gasteiger partial charge in [-0.25, -0.2) is 0 Å². The molecule has 0 aromatic heterocycles. The van der Waals surface area contributed by atoms with Gasteiger partial charge in [-0.05, 0) is 102 Å². The zero-order valence-electron chi connectivity index (χ0n) is 31.5. The van der Waals surface area contributed by atoms with Gasteiger partial charge in [0.05, 0.1) is 11.1 Å². The second-order valence-corrected chi connectivity index (χ2v) is 14.9. The SMILES string of the molecule is CN=C(c1ccc(-c2ccccc2)cc1)c1ccccc1N.Cc1ccc2cc3c(cc2c1)C1(c2ccccc2-c2ccccc21)c1c-3ccc2ccccc12. The predicted molar refractivity (Wildman–Crippen MR) is 237 cm³/mol. The first-order valence-corrected chi connectivity index (χ1v) is 19.3. The van der Waals surface area contributed by atoms with Gasteiger partial charge in [-0.15, -0.1) is 0 Å². The average molecular weight is 717 g/mol. The Morgan fingerprint density at radius 2 is 1.09 bits per heavy atom. The van der Waals surface area contributed by atoms with Gasteiger partial charge in [-0.3, -0.25) is 4.99 Å². The number of benzene rings is 9. The van der Waals surface area contributed by atoms with Gasteiger partial charge in [-0.1, -0.05) is 181 Å². The number of hydrogen-bond donors (Lipinski definition) is 1. The van der Waals surface area contributed by atoms with Crippen LogP contribution in [0.25, 0.3) is 54.9 Å². The van der Waals surface area contributed by atoms with E-state index in [9.17, 15) is 0 Å². The molecule has 9 aromatic rings. The van der Waals surface area contributed by atoms with Crippen LogP contribution in [-0.2, 0) is 5.41 Å². The largest absolute Gasteiger partial charge is 0.398 e. The Hall–Kier alpha value is -7.03. The molecule has 2 N–H and O–H groups in total. The molecular formula is C54H40N2. The van der Waals surface area contributed by atoms with E-state index in [0.29, 0.717) is 0 Å². The first-order valence-electron chi connectivity index (χ1n) is 19.3. The molecule has 2 heteroatoms. The lowest BCUT2D eigenvalue weighted by molar-refractivity contribution is 0.802. The van der Waals surface area contributed by atoms with E-state index in [2.05, 4.69) is 164 Å². The van der Waals surface area contributed by atoms with E-state index in [1.807, 2.05) is 42.5 Å². The lowest BCUT2D eigenvalue weighted by Gasteiger charge is -2.31. The van der Waals surface area contributed by atoms with Crippen LogP contribution in [0.15, 0.2) is 199 Å². The number of nitrogen functional groups attached to an aromatic ring is 1. The molecular weight excluding hydrogens is 677 g/mol. The molecule has 9 aromatic carbocycles. The number of aryl methyl sites for hydroxylation is 1. The third-order valence-corrected chi connectivity index (χ3v) is 11.8. The molecule has 0 aliphatic heterocycles. The minimum absolute atomic E-state index is 0.309. The number of fused-ring (bicyclic) bond motifs is 13. The summed E-state index contributed by atoms with van der Waals surface area (Å²) in [7, 11) is 1.80. The Bertz CT molecular complexity index is 2940. The van der Waals surface area contributed by atoms with Gasteiger partial charge in [0.2, 0.25) is 0 Å². The van der Waals surface area contributed by atoms with Gasteiger partial charge in [0.25, 0.3) is 0 Å². The van der Waals surface area contributed by atoms with Crippen LogP contribution < -0.4 is 5.73 Å². The van der Waals surface area contributed by atoms with Crippen molar-refractivity contribution in [3.63, 3.8) is 0 Å². The third-order valence-electron chi connectivity index (χ3n) is 11.8. The van der Waals surface area contributed by atoms with E-state index in [-0.39, 0.29) is 5.41 Å². The van der Waals surface area contributed by atoms with Crippen molar-refractivity contribution in [2.75, 3.05) is 12.8 Å². The fourth-order valence-electron chi connectivity index (χ4n) is 9.35. The van der Waals surface area contributed by atoms with Crippen LogP contribution in [-0.4, -0.2) is 12.8 Å². The van der Waals surface area contributed by atoms with Crippen molar-refractivity contribution in [1.29, 1.82) is 0 Å². The topological polar surface area (TPSA) is 38.4 Å². The van der Waals surface area contributed by atoms with Crippen molar-refractivity contribution >= 4 is 32.9 Å². The highest BCUT2D eigenvalue weighted by Crippen LogP contribution is 2.64. The minimum Gasteiger partial charge on any atom is -0.398 e. The van der Waals surface area contributed by atoms with Crippen LogP contribution in [0.3, 0.4) is 0 Å². The van der Waals surface area contributed by atoms with Crippen LogP contribution in [0, 0.1) is 6.92 Å². The van der Waals surface area contributed by atoms with E-state index in [4.69, 9.17) is 5.73 Å². The summed E-state index contributed by atoms with van der Waals surface area (Å²) in [5, 5.41) is 5.27. The molecule has 0 fully saturated rings. The van der Waals surface area contributed by atoms with Crippen LogP contribution >= 0.6 is 0 Å². The summed E-state index contributed by atoms with van der Waals surface area (Å²) in [4.78, 5) is 4.43. The first kappa shape index (κ1) is 33.5. The Morgan fingerprint density at radius 3 is 1.82 bits per heavy atom. The number of nitrogens with zero attached hydrogens (tertiary/aromatic N) is 1. The predicted octanol–water partition coefficient (Wildman–Crippen LogP) is 13.0. The maximum absolute atomic E-state index is 6.07. The lowest BCUT2D eigenvalue weighted by atomic mass is 9.69. The molecule has 0 heterocycles. The summed E-state index contributed by atoms with van der Waals surface area (Å²) >= 11 is 0. The van der Waals surface area contributed by atoms with Crippen molar-refractivity contribution in [2.45, 2.75) is 12.3 Å². The Kier molecular flexibility index (Phi) is 8.01. The quantitative estimate of drug-likeness (QED) is 0.143. The number of para-hydroxylation sites is 1. The summed E-state index contributed by atoms with van der Waals surface area (Å²) in [6, 6.07) is 70.0. The number of rotatable bonds is 3. The molecule has 11 rings (SSSR count). The third kappa shape index (κ3) is 5.14. The highest BCUT2D eigenvalue weighted by molar-refractivity contribution is 6.15.